The van der Waals surface area contributed by atoms with E-state index in [1.807, 2.05) is 6.07 Å². The first kappa shape index (κ1) is 19.3. The number of amides is 1. The highest BCUT2D eigenvalue weighted by atomic mass is 35.5. The third-order valence-corrected chi connectivity index (χ3v) is 3.65. The molecule has 0 aliphatic carbocycles. The van der Waals surface area contributed by atoms with E-state index >= 15 is 0 Å². The van der Waals surface area contributed by atoms with Crippen molar-refractivity contribution >= 4 is 29.2 Å². The van der Waals surface area contributed by atoms with Crippen molar-refractivity contribution in [2.75, 3.05) is 5.32 Å². The molecule has 134 valence electrons. The van der Waals surface area contributed by atoms with Gasteiger partial charge in [0.05, 0.1) is 11.6 Å². The van der Waals surface area contributed by atoms with Gasteiger partial charge in [0.2, 0.25) is 0 Å². The molecule has 0 bridgehead atoms. The highest BCUT2D eigenvalue weighted by molar-refractivity contribution is 6.30. The molecule has 0 saturated heterocycles. The Kier molecular flexibility index (Phi) is 6.59. The van der Waals surface area contributed by atoms with E-state index < -0.39 is 24.1 Å². The summed E-state index contributed by atoms with van der Waals surface area (Å²) in [5.41, 5.74) is 0.984. The van der Waals surface area contributed by atoms with Crippen LogP contribution in [0, 0.1) is 11.3 Å². The lowest BCUT2D eigenvalue weighted by atomic mass is 10.2. The number of carbonyl (C=O) groups excluding carboxylic acids is 2. The Morgan fingerprint density at radius 3 is 2.23 bits per heavy atom. The second-order valence-corrected chi connectivity index (χ2v) is 5.91. The summed E-state index contributed by atoms with van der Waals surface area (Å²) in [6.07, 6.45) is -1.89. The SMILES string of the molecule is C[C@H](OC(=O)[C@@H](C)Oc1ccc(Cl)cc1)C(=O)Nc1ccc(C#N)cc1. The van der Waals surface area contributed by atoms with Gasteiger partial charge in [0.1, 0.15) is 5.75 Å². The van der Waals surface area contributed by atoms with Crippen LogP contribution in [0.1, 0.15) is 19.4 Å². The van der Waals surface area contributed by atoms with Crippen molar-refractivity contribution in [1.29, 1.82) is 5.26 Å². The molecular weight excluding hydrogens is 356 g/mol. The number of esters is 1. The normalized spacial score (nSPS) is 12.4. The molecule has 2 atom stereocenters. The van der Waals surface area contributed by atoms with Crippen LogP contribution >= 0.6 is 11.6 Å². The lowest BCUT2D eigenvalue weighted by molar-refractivity contribution is -0.159. The van der Waals surface area contributed by atoms with Gasteiger partial charge in [0.15, 0.2) is 12.2 Å². The van der Waals surface area contributed by atoms with E-state index in [0.29, 0.717) is 22.0 Å². The van der Waals surface area contributed by atoms with Gasteiger partial charge in [-0.05, 0) is 62.4 Å². The number of benzene rings is 2. The Morgan fingerprint density at radius 1 is 1.04 bits per heavy atom. The van der Waals surface area contributed by atoms with Gasteiger partial charge in [-0.15, -0.1) is 0 Å². The first-order chi connectivity index (χ1) is 12.4. The van der Waals surface area contributed by atoms with E-state index in [9.17, 15) is 9.59 Å². The van der Waals surface area contributed by atoms with E-state index in [4.69, 9.17) is 26.3 Å². The number of halogens is 1. The van der Waals surface area contributed by atoms with Crippen LogP contribution in [0.5, 0.6) is 5.75 Å². The Bertz CT molecular complexity index is 813. The van der Waals surface area contributed by atoms with E-state index in [1.165, 1.54) is 13.8 Å². The van der Waals surface area contributed by atoms with Crippen LogP contribution in [-0.2, 0) is 14.3 Å². The number of nitrogens with one attached hydrogen (secondary N) is 1. The maximum Gasteiger partial charge on any atom is 0.347 e. The van der Waals surface area contributed by atoms with Crippen molar-refractivity contribution in [3.05, 3.63) is 59.1 Å². The number of rotatable bonds is 6. The number of nitrogens with zero attached hydrogens (tertiary/aromatic N) is 1. The Balaban J connectivity index is 1.87. The van der Waals surface area contributed by atoms with Gasteiger partial charge in [-0.1, -0.05) is 11.6 Å². The molecule has 2 aromatic rings. The van der Waals surface area contributed by atoms with Crippen molar-refractivity contribution in [2.45, 2.75) is 26.1 Å². The third kappa shape index (κ3) is 5.50. The predicted molar refractivity (Wildman–Crippen MR) is 96.9 cm³/mol. The molecule has 0 saturated carbocycles. The average Bonchev–Trinajstić information content (AvgIpc) is 2.64. The molecule has 0 radical (unpaired) electrons. The van der Waals surface area contributed by atoms with Gasteiger partial charge >= 0.3 is 5.97 Å². The van der Waals surface area contributed by atoms with E-state index in [2.05, 4.69) is 5.32 Å². The highest BCUT2D eigenvalue weighted by Crippen LogP contribution is 2.17. The monoisotopic (exact) mass is 372 g/mol. The van der Waals surface area contributed by atoms with Crippen LogP contribution < -0.4 is 10.1 Å². The lowest BCUT2D eigenvalue weighted by Gasteiger charge is -2.18. The Hall–Kier alpha value is -3.04. The van der Waals surface area contributed by atoms with Gasteiger partial charge in [-0.3, -0.25) is 4.79 Å². The molecule has 7 heteroatoms. The summed E-state index contributed by atoms with van der Waals surface area (Å²) < 4.78 is 10.6. The molecule has 2 rings (SSSR count). The summed E-state index contributed by atoms with van der Waals surface area (Å²) >= 11 is 5.79. The predicted octanol–water partition coefficient (Wildman–Crippen LogP) is 3.55. The average molecular weight is 373 g/mol. The van der Waals surface area contributed by atoms with Crippen molar-refractivity contribution in [3.63, 3.8) is 0 Å². The highest BCUT2D eigenvalue weighted by Gasteiger charge is 2.23. The Morgan fingerprint density at radius 2 is 1.65 bits per heavy atom. The summed E-state index contributed by atoms with van der Waals surface area (Å²) in [7, 11) is 0. The lowest BCUT2D eigenvalue weighted by Crippen LogP contribution is -2.35. The Labute approximate surface area is 156 Å². The summed E-state index contributed by atoms with van der Waals surface area (Å²) in [5.74, 6) is -0.683. The van der Waals surface area contributed by atoms with E-state index in [-0.39, 0.29) is 0 Å². The molecule has 0 unspecified atom stereocenters. The van der Waals surface area contributed by atoms with E-state index in [0.717, 1.165) is 0 Å². The number of ether oxygens (including phenoxy) is 2. The fourth-order valence-corrected chi connectivity index (χ4v) is 2.09. The zero-order chi connectivity index (χ0) is 19.1. The largest absolute Gasteiger partial charge is 0.479 e. The van der Waals surface area contributed by atoms with Crippen LogP contribution in [0.3, 0.4) is 0 Å². The van der Waals surface area contributed by atoms with Gasteiger partial charge in [0.25, 0.3) is 5.91 Å². The molecule has 0 fully saturated rings. The number of anilines is 1. The number of hydrogen-bond acceptors (Lipinski definition) is 5. The minimum atomic E-state index is -1.01. The quantitative estimate of drug-likeness (QED) is 0.783. The van der Waals surface area contributed by atoms with Crippen molar-refractivity contribution in [1.82, 2.24) is 0 Å². The molecule has 0 aliphatic rings. The number of hydrogen-bond donors (Lipinski definition) is 1. The van der Waals surface area contributed by atoms with Crippen molar-refractivity contribution in [3.8, 4) is 11.8 Å². The molecule has 2 aromatic carbocycles. The fourth-order valence-electron chi connectivity index (χ4n) is 1.96. The smallest absolute Gasteiger partial charge is 0.347 e. The zero-order valence-corrected chi connectivity index (χ0v) is 15.0. The van der Waals surface area contributed by atoms with Gasteiger partial charge in [0, 0.05) is 10.7 Å². The van der Waals surface area contributed by atoms with Crippen LogP contribution in [0.15, 0.2) is 48.5 Å². The topological polar surface area (TPSA) is 88.4 Å². The standard InChI is InChI=1S/C19H17ClN2O4/c1-12(18(23)22-16-7-3-14(11-21)4-8-16)26-19(24)13(2)25-17-9-5-15(20)6-10-17/h3-10,12-13H,1-2H3,(H,22,23)/t12-,13+/m0/s1. The van der Waals surface area contributed by atoms with Gasteiger partial charge < -0.3 is 14.8 Å². The van der Waals surface area contributed by atoms with Gasteiger partial charge in [-0.2, -0.15) is 5.26 Å². The summed E-state index contributed by atoms with van der Waals surface area (Å²) in [6.45, 7) is 2.99. The molecule has 26 heavy (non-hydrogen) atoms. The molecule has 0 spiro atoms. The van der Waals surface area contributed by atoms with Gasteiger partial charge in [-0.25, -0.2) is 4.79 Å². The molecular formula is C19H17ClN2O4. The van der Waals surface area contributed by atoms with Crippen molar-refractivity contribution in [2.24, 2.45) is 0 Å². The van der Waals surface area contributed by atoms with Crippen molar-refractivity contribution < 1.29 is 19.1 Å². The fraction of sp³-hybridized carbons (Fsp3) is 0.211. The number of carbonyl (C=O) groups is 2. The summed E-state index contributed by atoms with van der Waals surface area (Å²) in [5, 5.41) is 11.9. The van der Waals surface area contributed by atoms with Crippen LogP contribution in [0.4, 0.5) is 5.69 Å². The van der Waals surface area contributed by atoms with E-state index in [1.54, 1.807) is 48.5 Å². The minimum absolute atomic E-state index is 0.466. The maximum atomic E-state index is 12.1. The number of nitriles is 1. The second-order valence-electron chi connectivity index (χ2n) is 5.47. The summed E-state index contributed by atoms with van der Waals surface area (Å²) in [4.78, 5) is 24.2. The minimum Gasteiger partial charge on any atom is -0.479 e. The van der Waals surface area contributed by atoms with Crippen LogP contribution in [0.25, 0.3) is 0 Å². The molecule has 0 aliphatic heterocycles. The summed E-state index contributed by atoms with van der Waals surface area (Å²) in [6, 6.07) is 14.9. The van der Waals surface area contributed by atoms with Crippen LogP contribution in [-0.4, -0.2) is 24.1 Å². The third-order valence-electron chi connectivity index (χ3n) is 3.40. The zero-order valence-electron chi connectivity index (χ0n) is 14.2. The molecule has 1 N–H and O–H groups in total. The first-order valence-electron chi connectivity index (χ1n) is 7.83. The molecule has 1 amide bonds. The second kappa shape index (κ2) is 8.88. The molecule has 6 nitrogen and oxygen atoms in total. The maximum absolute atomic E-state index is 12.1. The molecule has 0 aromatic heterocycles. The first-order valence-corrected chi connectivity index (χ1v) is 8.20. The van der Waals surface area contributed by atoms with Crippen LogP contribution in [0.2, 0.25) is 5.02 Å². The molecule has 0 heterocycles.